The number of nitrogens with one attached hydrogen (secondary N) is 3. The van der Waals surface area contributed by atoms with Gasteiger partial charge in [0.05, 0.1) is 19.0 Å². The van der Waals surface area contributed by atoms with Gasteiger partial charge in [-0.15, -0.1) is 11.7 Å². The van der Waals surface area contributed by atoms with Crippen LogP contribution in [0.25, 0.3) is 0 Å². The first-order valence-corrected chi connectivity index (χ1v) is 10.6. The predicted molar refractivity (Wildman–Crippen MR) is 96.5 cm³/mol. The minimum atomic E-state index is -4.95. The lowest BCUT2D eigenvalue weighted by molar-refractivity contribution is -0.121. The van der Waals surface area contributed by atoms with Gasteiger partial charge in [0.15, 0.2) is 0 Å². The Labute approximate surface area is 152 Å². The van der Waals surface area contributed by atoms with E-state index >= 15 is 0 Å². The van der Waals surface area contributed by atoms with E-state index in [0.29, 0.717) is 20.0 Å². The Morgan fingerprint density at radius 1 is 1.20 bits per heavy atom. The molecule has 1 saturated heterocycles. The van der Waals surface area contributed by atoms with Gasteiger partial charge in [0, 0.05) is 24.8 Å². The van der Waals surface area contributed by atoms with Crippen LogP contribution in [0.3, 0.4) is 0 Å². The van der Waals surface area contributed by atoms with Gasteiger partial charge < -0.3 is 16.0 Å². The Morgan fingerprint density at radius 2 is 1.88 bits per heavy atom. The molecule has 5 nitrogen and oxygen atoms in total. The molecule has 0 aromatic heterocycles. The lowest BCUT2D eigenvalue weighted by atomic mass is 10.2. The molecule has 1 rings (SSSR count). The number of thioether (sulfide) groups is 1. The quantitative estimate of drug-likeness (QED) is 0.361. The van der Waals surface area contributed by atoms with Crippen molar-refractivity contribution in [2.75, 3.05) is 31.0 Å². The third-order valence-electron chi connectivity index (χ3n) is 3.39. The van der Waals surface area contributed by atoms with Crippen molar-refractivity contribution in [2.45, 2.75) is 44.7 Å². The van der Waals surface area contributed by atoms with E-state index in [9.17, 15) is 25.6 Å². The Hall–Kier alpha value is -0.840. The van der Waals surface area contributed by atoms with Gasteiger partial charge >= 0.3 is 6.03 Å². The first-order chi connectivity index (χ1) is 11.8. The molecule has 0 aliphatic carbocycles. The summed E-state index contributed by atoms with van der Waals surface area (Å²) in [5, 5.41) is 8.13. The number of rotatable bonds is 11. The molecule has 1 heterocycles. The number of alkyl halides is 1. The molecule has 0 aromatic rings. The Balaban J connectivity index is 0.00000277. The monoisotopic (exact) mass is 409 g/mol. The van der Waals surface area contributed by atoms with Crippen LogP contribution in [0.4, 0.5) is 20.8 Å². The van der Waals surface area contributed by atoms with Gasteiger partial charge in [-0.2, -0.15) is 11.8 Å². The Morgan fingerprint density at radius 3 is 2.44 bits per heavy atom. The van der Waals surface area contributed by atoms with Gasteiger partial charge in [-0.05, 0) is 31.9 Å². The van der Waals surface area contributed by atoms with Crippen molar-refractivity contribution in [3.8, 4) is 0 Å². The molecule has 1 aliphatic rings. The summed E-state index contributed by atoms with van der Waals surface area (Å²) in [4.78, 5) is 22.5. The summed E-state index contributed by atoms with van der Waals surface area (Å²) in [6.45, 7) is 2.04. The molecule has 0 bridgehead atoms. The number of hydrogen-bond donors (Lipinski definition) is 3. The van der Waals surface area contributed by atoms with Crippen LogP contribution in [0.5, 0.6) is 0 Å². The highest BCUT2D eigenvalue weighted by atomic mass is 32.3. The van der Waals surface area contributed by atoms with Crippen molar-refractivity contribution in [3.05, 3.63) is 0 Å². The van der Waals surface area contributed by atoms with Crippen LogP contribution in [-0.2, 0) is 4.79 Å². The smallest absolute Gasteiger partial charge is 0.315 e. The number of carbonyl (C=O) groups excluding carboxylic acids is 2. The van der Waals surface area contributed by atoms with Gasteiger partial charge in [0.2, 0.25) is 17.1 Å². The zero-order valence-corrected chi connectivity index (χ0v) is 16.1. The zero-order valence-electron chi connectivity index (χ0n) is 14.5. The summed E-state index contributed by atoms with van der Waals surface area (Å²) in [7, 11) is 0.500. The Kier molecular flexibility index (Phi) is 12.9. The maximum Gasteiger partial charge on any atom is 0.315 e. The van der Waals surface area contributed by atoms with Gasteiger partial charge in [0.1, 0.15) is 0 Å². The molecule has 1 fully saturated rings. The highest BCUT2D eigenvalue weighted by molar-refractivity contribution is 8.20. The normalized spacial score (nSPS) is 20.2. The highest BCUT2D eigenvalue weighted by Gasteiger charge is 2.27. The van der Waals surface area contributed by atoms with Gasteiger partial charge in [-0.3, -0.25) is 9.18 Å². The molecule has 11 heteroatoms. The van der Waals surface area contributed by atoms with E-state index in [4.69, 9.17) is 0 Å². The average Bonchev–Trinajstić information content (AvgIpc) is 2.86. The standard InChI is InChI=1S/C13H24F3N3O2S2.CH3F/c1-10-11(19-13(21)18-10)9-22-7-3-2-5-12(20)17-6-4-8-23(14,15)16;1-2/h10-11H,2-9H2,1H3,(H,17,20)(H2,18,19,21);1H3. The maximum absolute atomic E-state index is 12.0. The fraction of sp³-hybridized carbons (Fsp3) is 0.857. The van der Waals surface area contributed by atoms with E-state index in [0.717, 1.165) is 17.9 Å². The van der Waals surface area contributed by atoms with E-state index in [1.54, 1.807) is 11.8 Å². The van der Waals surface area contributed by atoms with Crippen molar-refractivity contribution in [1.82, 2.24) is 16.0 Å². The molecule has 25 heavy (non-hydrogen) atoms. The number of urea groups is 1. The third kappa shape index (κ3) is 13.1. The van der Waals surface area contributed by atoms with E-state index in [2.05, 4.69) is 16.0 Å². The first-order valence-electron chi connectivity index (χ1n) is 7.97. The zero-order chi connectivity index (χ0) is 19.3. The van der Waals surface area contributed by atoms with E-state index < -0.39 is 16.9 Å². The van der Waals surface area contributed by atoms with Gasteiger partial charge in [-0.1, -0.05) is 0 Å². The molecular formula is C14H27F4N3O2S2. The molecule has 0 spiro atoms. The molecule has 1 aliphatic heterocycles. The fourth-order valence-corrected chi connectivity index (χ4v) is 3.75. The second kappa shape index (κ2) is 13.4. The topological polar surface area (TPSA) is 70.2 Å². The third-order valence-corrected chi connectivity index (χ3v) is 5.32. The van der Waals surface area contributed by atoms with Crippen LogP contribution < -0.4 is 16.0 Å². The summed E-state index contributed by atoms with van der Waals surface area (Å²) < 4.78 is 45.5. The molecular weight excluding hydrogens is 382 g/mol. The SMILES string of the molecule is CC1NC(=O)NC1CSCCCCC(=O)NCCCS(F)(F)F.CF. The largest absolute Gasteiger partial charge is 0.356 e. The van der Waals surface area contributed by atoms with Crippen molar-refractivity contribution >= 4 is 34.9 Å². The van der Waals surface area contributed by atoms with Crippen molar-refractivity contribution < 1.29 is 25.6 Å². The fourth-order valence-electron chi connectivity index (χ4n) is 2.08. The van der Waals surface area contributed by atoms with E-state index in [1.807, 2.05) is 6.92 Å². The average molecular weight is 410 g/mol. The van der Waals surface area contributed by atoms with Crippen molar-refractivity contribution in [1.29, 1.82) is 0 Å². The minimum absolute atomic E-state index is 0.0419. The minimum Gasteiger partial charge on any atom is -0.356 e. The van der Waals surface area contributed by atoms with Crippen molar-refractivity contribution in [3.63, 3.8) is 0 Å². The molecule has 0 aromatic carbocycles. The Bertz CT molecular complexity index is 401. The van der Waals surface area contributed by atoms with Crippen LogP contribution in [0.15, 0.2) is 0 Å². The summed E-state index contributed by atoms with van der Waals surface area (Å²) >= 11 is -3.23. The second-order valence-corrected chi connectivity index (χ2v) is 8.02. The highest BCUT2D eigenvalue weighted by Crippen LogP contribution is 2.53. The number of hydrogen-bond acceptors (Lipinski definition) is 3. The summed E-state index contributed by atoms with van der Waals surface area (Å²) in [6, 6.07) is 0.123. The van der Waals surface area contributed by atoms with Crippen LogP contribution in [-0.4, -0.2) is 55.0 Å². The molecule has 3 N–H and O–H groups in total. The second-order valence-electron chi connectivity index (χ2n) is 5.45. The molecule has 2 unspecified atom stereocenters. The predicted octanol–water partition coefficient (Wildman–Crippen LogP) is 3.51. The van der Waals surface area contributed by atoms with E-state index in [-0.39, 0.29) is 37.0 Å². The van der Waals surface area contributed by atoms with Gasteiger partial charge in [0.25, 0.3) is 0 Å². The number of unbranched alkanes of at least 4 members (excludes halogenated alkanes) is 1. The lowest BCUT2D eigenvalue weighted by Crippen LogP contribution is -2.33. The molecule has 2 atom stereocenters. The summed E-state index contributed by atoms with van der Waals surface area (Å²) in [6.07, 6.45) is 1.89. The number of amides is 3. The van der Waals surface area contributed by atoms with Crippen LogP contribution in [0.1, 0.15) is 32.6 Å². The summed E-state index contributed by atoms with van der Waals surface area (Å²) in [5.74, 6) is 0.748. The van der Waals surface area contributed by atoms with E-state index in [1.165, 1.54) is 0 Å². The van der Waals surface area contributed by atoms with Crippen LogP contribution in [0, 0.1) is 0 Å². The summed E-state index contributed by atoms with van der Waals surface area (Å²) in [5.41, 5.74) is 0. The lowest BCUT2D eigenvalue weighted by Gasteiger charge is -2.13. The first kappa shape index (κ1) is 24.2. The number of carbonyl (C=O) groups is 2. The van der Waals surface area contributed by atoms with Crippen LogP contribution >= 0.6 is 22.9 Å². The van der Waals surface area contributed by atoms with Gasteiger partial charge in [-0.25, -0.2) is 4.79 Å². The van der Waals surface area contributed by atoms with Crippen molar-refractivity contribution in [2.24, 2.45) is 0 Å². The molecule has 150 valence electrons. The maximum atomic E-state index is 12.0. The number of halogens is 4. The molecule has 3 amide bonds. The van der Waals surface area contributed by atoms with Crippen LogP contribution in [0.2, 0.25) is 0 Å². The molecule has 0 radical (unpaired) electrons. The molecule has 0 saturated carbocycles.